The summed E-state index contributed by atoms with van der Waals surface area (Å²) in [6.45, 7) is 2.85. The Morgan fingerprint density at radius 2 is 1.42 bits per heavy atom. The van der Waals surface area contributed by atoms with Crippen molar-refractivity contribution in [2.75, 3.05) is 6.54 Å². The zero-order chi connectivity index (χ0) is 13.7. The molecular weight excluding hydrogens is 244 g/mol. The van der Waals surface area contributed by atoms with Crippen molar-refractivity contribution in [3.8, 4) is 0 Å². The number of hydrogen-bond acceptors (Lipinski definition) is 1. The zero-order valence-corrected chi connectivity index (χ0v) is 10.9. The third-order valence-electron chi connectivity index (χ3n) is 3.08. The van der Waals surface area contributed by atoms with Gasteiger partial charge in [0.1, 0.15) is 11.6 Å². The molecule has 0 radical (unpaired) electrons. The van der Waals surface area contributed by atoms with Crippen LogP contribution in [0.15, 0.2) is 48.5 Å². The molecule has 0 bridgehead atoms. The van der Waals surface area contributed by atoms with E-state index in [1.807, 2.05) is 6.92 Å². The lowest BCUT2D eigenvalue weighted by molar-refractivity contribution is 0.546. The Hall–Kier alpha value is -1.74. The lowest BCUT2D eigenvalue weighted by atomic mass is 9.99. The number of hydrogen-bond donors (Lipinski definition) is 1. The molecule has 100 valence electrons. The smallest absolute Gasteiger partial charge is 0.123 e. The van der Waals surface area contributed by atoms with Crippen molar-refractivity contribution in [3.63, 3.8) is 0 Å². The fraction of sp³-hybridized carbons (Fsp3) is 0.250. The van der Waals surface area contributed by atoms with Crippen LogP contribution in [0, 0.1) is 11.6 Å². The minimum absolute atomic E-state index is 0.107. The number of nitrogens with one attached hydrogen (secondary N) is 1. The van der Waals surface area contributed by atoms with Crippen LogP contribution in [-0.4, -0.2) is 6.54 Å². The van der Waals surface area contributed by atoms with E-state index >= 15 is 0 Å². The number of likely N-dealkylation sites (N-methyl/N-ethyl adjacent to an activating group) is 1. The van der Waals surface area contributed by atoms with Crippen molar-refractivity contribution in [1.82, 2.24) is 5.32 Å². The molecule has 1 N–H and O–H groups in total. The molecule has 2 rings (SSSR count). The third kappa shape index (κ3) is 3.86. The van der Waals surface area contributed by atoms with Crippen molar-refractivity contribution in [2.45, 2.75) is 19.4 Å². The Morgan fingerprint density at radius 3 is 1.95 bits per heavy atom. The molecular formula is C16H17F2N. The highest BCUT2D eigenvalue weighted by atomic mass is 19.1. The lowest BCUT2D eigenvalue weighted by Gasteiger charge is -2.18. The molecule has 0 saturated carbocycles. The van der Waals surface area contributed by atoms with Gasteiger partial charge in [-0.15, -0.1) is 0 Å². The van der Waals surface area contributed by atoms with Gasteiger partial charge in [0, 0.05) is 6.04 Å². The second-order valence-corrected chi connectivity index (χ2v) is 4.49. The van der Waals surface area contributed by atoms with E-state index in [-0.39, 0.29) is 17.7 Å². The first-order valence-electron chi connectivity index (χ1n) is 6.42. The van der Waals surface area contributed by atoms with E-state index in [0.717, 1.165) is 24.1 Å². The van der Waals surface area contributed by atoms with E-state index in [2.05, 4.69) is 5.32 Å². The van der Waals surface area contributed by atoms with Gasteiger partial charge in [-0.25, -0.2) is 8.78 Å². The molecule has 0 aliphatic carbocycles. The fourth-order valence-electron chi connectivity index (χ4n) is 2.11. The molecule has 0 aromatic heterocycles. The molecule has 2 aromatic carbocycles. The molecule has 1 nitrogen and oxygen atoms in total. The zero-order valence-electron chi connectivity index (χ0n) is 10.9. The van der Waals surface area contributed by atoms with Crippen LogP contribution in [-0.2, 0) is 6.42 Å². The van der Waals surface area contributed by atoms with Crippen molar-refractivity contribution in [2.24, 2.45) is 0 Å². The Bertz CT molecular complexity index is 505. The minimum Gasteiger partial charge on any atom is -0.310 e. The highest BCUT2D eigenvalue weighted by Gasteiger charge is 2.11. The summed E-state index contributed by atoms with van der Waals surface area (Å²) in [5.41, 5.74) is 2.09. The summed E-state index contributed by atoms with van der Waals surface area (Å²) in [5, 5.41) is 3.37. The normalized spacial score (nSPS) is 12.4. The van der Waals surface area contributed by atoms with Gasteiger partial charge < -0.3 is 5.32 Å². The molecule has 3 heteroatoms. The summed E-state index contributed by atoms with van der Waals surface area (Å²) < 4.78 is 25.8. The molecule has 0 aliphatic rings. The molecule has 19 heavy (non-hydrogen) atoms. The van der Waals surface area contributed by atoms with Gasteiger partial charge in [-0.05, 0) is 48.4 Å². The van der Waals surface area contributed by atoms with Gasteiger partial charge in [-0.3, -0.25) is 0 Å². The van der Waals surface area contributed by atoms with Crippen LogP contribution in [0.1, 0.15) is 24.1 Å². The molecule has 0 fully saturated rings. The Labute approximate surface area is 112 Å². The molecule has 0 heterocycles. The summed E-state index contributed by atoms with van der Waals surface area (Å²) in [7, 11) is 0. The lowest BCUT2D eigenvalue weighted by Crippen LogP contribution is -2.22. The summed E-state index contributed by atoms with van der Waals surface area (Å²) in [6, 6.07) is 13.1. The largest absolute Gasteiger partial charge is 0.310 e. The summed E-state index contributed by atoms with van der Waals surface area (Å²) in [4.78, 5) is 0. The second-order valence-electron chi connectivity index (χ2n) is 4.49. The highest BCUT2D eigenvalue weighted by molar-refractivity contribution is 5.24. The van der Waals surface area contributed by atoms with Crippen LogP contribution in [0.3, 0.4) is 0 Å². The average molecular weight is 261 g/mol. The fourth-order valence-corrected chi connectivity index (χ4v) is 2.11. The Kier molecular flexibility index (Phi) is 4.63. The van der Waals surface area contributed by atoms with E-state index in [4.69, 9.17) is 0 Å². The molecule has 0 amide bonds. The van der Waals surface area contributed by atoms with Crippen molar-refractivity contribution < 1.29 is 8.78 Å². The minimum atomic E-state index is -0.235. The topological polar surface area (TPSA) is 12.0 Å². The van der Waals surface area contributed by atoms with Crippen molar-refractivity contribution in [1.29, 1.82) is 0 Å². The maximum Gasteiger partial charge on any atom is 0.123 e. The number of benzene rings is 2. The van der Waals surface area contributed by atoms with E-state index in [1.165, 1.54) is 24.3 Å². The predicted molar refractivity (Wildman–Crippen MR) is 72.9 cm³/mol. The van der Waals surface area contributed by atoms with Gasteiger partial charge in [0.2, 0.25) is 0 Å². The van der Waals surface area contributed by atoms with Gasteiger partial charge in [-0.1, -0.05) is 31.2 Å². The molecule has 2 aromatic rings. The van der Waals surface area contributed by atoms with E-state index in [9.17, 15) is 8.78 Å². The number of rotatable bonds is 5. The van der Waals surface area contributed by atoms with E-state index in [1.54, 1.807) is 24.3 Å². The van der Waals surface area contributed by atoms with Crippen molar-refractivity contribution in [3.05, 3.63) is 71.3 Å². The summed E-state index contributed by atoms with van der Waals surface area (Å²) >= 11 is 0. The third-order valence-corrected chi connectivity index (χ3v) is 3.08. The highest BCUT2D eigenvalue weighted by Crippen LogP contribution is 2.19. The van der Waals surface area contributed by atoms with Crippen molar-refractivity contribution >= 4 is 0 Å². The molecule has 0 spiro atoms. The molecule has 1 atom stereocenters. The Morgan fingerprint density at radius 1 is 0.895 bits per heavy atom. The summed E-state index contributed by atoms with van der Waals surface area (Å²) in [6.07, 6.45) is 0.750. The van der Waals surface area contributed by atoms with Crippen LogP contribution >= 0.6 is 0 Å². The monoisotopic (exact) mass is 261 g/mol. The maximum atomic E-state index is 12.9. The van der Waals surface area contributed by atoms with Gasteiger partial charge in [0.05, 0.1) is 0 Å². The van der Waals surface area contributed by atoms with Gasteiger partial charge in [0.15, 0.2) is 0 Å². The second kappa shape index (κ2) is 6.43. The van der Waals surface area contributed by atoms with Crippen LogP contribution in [0.5, 0.6) is 0 Å². The first kappa shape index (κ1) is 13.7. The van der Waals surface area contributed by atoms with Crippen LogP contribution in [0.4, 0.5) is 8.78 Å². The maximum absolute atomic E-state index is 12.9. The van der Waals surface area contributed by atoms with Crippen LogP contribution < -0.4 is 5.32 Å². The van der Waals surface area contributed by atoms with E-state index < -0.39 is 0 Å². The molecule has 1 unspecified atom stereocenters. The van der Waals surface area contributed by atoms with Gasteiger partial charge in [0.25, 0.3) is 0 Å². The van der Waals surface area contributed by atoms with E-state index in [0.29, 0.717) is 0 Å². The first-order chi connectivity index (χ1) is 9.19. The number of halogens is 2. The van der Waals surface area contributed by atoms with Crippen LogP contribution in [0.25, 0.3) is 0 Å². The molecule has 0 saturated heterocycles. The SMILES string of the molecule is CCNC(Cc1ccc(F)cc1)c1ccc(F)cc1. The molecule has 0 aliphatic heterocycles. The van der Waals surface area contributed by atoms with Gasteiger partial charge >= 0.3 is 0 Å². The standard InChI is InChI=1S/C16H17F2N/c1-2-19-16(13-5-9-15(18)10-6-13)11-12-3-7-14(17)8-4-12/h3-10,16,19H,2,11H2,1H3. The quantitative estimate of drug-likeness (QED) is 0.861. The average Bonchev–Trinajstić information content (AvgIpc) is 2.42. The predicted octanol–water partition coefficient (Wildman–Crippen LogP) is 3.86. The first-order valence-corrected chi connectivity index (χ1v) is 6.42. The summed E-state index contributed by atoms with van der Waals surface area (Å²) in [5.74, 6) is -0.466. The Balaban J connectivity index is 2.15. The van der Waals surface area contributed by atoms with Gasteiger partial charge in [-0.2, -0.15) is 0 Å². The van der Waals surface area contributed by atoms with Crippen LogP contribution in [0.2, 0.25) is 0 Å².